The number of fused-ring (bicyclic) bond motifs is 1. The number of hydrogen-bond donors (Lipinski definition) is 3. The number of hydrogen-bond acceptors (Lipinski definition) is 5. The topological polar surface area (TPSA) is 86.1 Å². The van der Waals surface area contributed by atoms with E-state index in [0.717, 1.165) is 4.90 Å². The van der Waals surface area contributed by atoms with Crippen LogP contribution in [0.2, 0.25) is 0 Å². The molecule has 2 atom stereocenters. The zero-order valence-electron chi connectivity index (χ0n) is 10.0. The van der Waals surface area contributed by atoms with Gasteiger partial charge in [0.2, 0.25) is 5.91 Å². The Morgan fingerprint density at radius 3 is 2.89 bits per heavy atom. The summed E-state index contributed by atoms with van der Waals surface area (Å²) in [5, 5.41) is 21.7. The number of ether oxygens (including phenoxy) is 1. The monoisotopic (exact) mass is 270 g/mol. The van der Waals surface area contributed by atoms with Gasteiger partial charge in [-0.05, 0) is 12.5 Å². The Hall–Kier alpha value is -1.28. The van der Waals surface area contributed by atoms with Gasteiger partial charge in [-0.1, -0.05) is 6.92 Å². The van der Waals surface area contributed by atoms with Crippen LogP contribution in [0.25, 0.3) is 0 Å². The van der Waals surface area contributed by atoms with Gasteiger partial charge in [0.1, 0.15) is 11.4 Å². The second-order valence-corrected chi connectivity index (χ2v) is 5.10. The normalized spacial score (nSPS) is 20.0. The molecule has 1 aromatic carbocycles. The lowest BCUT2D eigenvalue weighted by atomic mass is 10.2. The Labute approximate surface area is 108 Å². The molecule has 0 saturated heterocycles. The molecule has 0 spiro atoms. The molecule has 1 aliphatic rings. The molecule has 1 aromatic rings. The van der Waals surface area contributed by atoms with E-state index in [4.69, 9.17) is 9.94 Å². The molecule has 0 radical (unpaired) electrons. The predicted octanol–water partition coefficient (Wildman–Crippen LogP) is 0.921. The summed E-state index contributed by atoms with van der Waals surface area (Å²) in [6, 6.07) is 3.16. The van der Waals surface area contributed by atoms with Crippen molar-refractivity contribution in [3.8, 4) is 5.75 Å². The van der Waals surface area contributed by atoms with Crippen molar-refractivity contribution in [2.75, 3.05) is 12.4 Å². The molecule has 0 bridgehead atoms. The standard InChI is InChI=1S/C11H14N2O4S/c1-3-8-11(14)12-10-7(13(15)16)4-6(17-2)5-9(10)18-8/h4-5,8,13,15H,3H2,1-2H3,(H,12,14). The second-order valence-electron chi connectivity index (χ2n) is 3.86. The van der Waals surface area contributed by atoms with Crippen LogP contribution in [-0.4, -0.2) is 23.5 Å². The molecule has 2 unspecified atom stereocenters. The summed E-state index contributed by atoms with van der Waals surface area (Å²) in [6.07, 6.45) is 0.690. The summed E-state index contributed by atoms with van der Waals surface area (Å²) in [6.45, 7) is 1.92. The molecule has 18 heavy (non-hydrogen) atoms. The first kappa shape index (κ1) is 13.2. The van der Waals surface area contributed by atoms with Gasteiger partial charge in [0.25, 0.3) is 0 Å². The van der Waals surface area contributed by atoms with Crippen molar-refractivity contribution < 1.29 is 20.0 Å². The van der Waals surface area contributed by atoms with Crippen molar-refractivity contribution in [3.05, 3.63) is 17.3 Å². The van der Waals surface area contributed by atoms with E-state index < -0.39 is 5.23 Å². The number of thioether (sulfide) groups is 1. The summed E-state index contributed by atoms with van der Waals surface area (Å²) < 4.78 is 5.08. The van der Waals surface area contributed by atoms with Crippen molar-refractivity contribution in [3.63, 3.8) is 0 Å². The first-order chi connectivity index (χ1) is 8.56. The molecule has 0 aliphatic carbocycles. The van der Waals surface area contributed by atoms with Gasteiger partial charge < -0.3 is 15.3 Å². The van der Waals surface area contributed by atoms with Crippen LogP contribution in [0.3, 0.4) is 0 Å². The predicted molar refractivity (Wildman–Crippen MR) is 67.3 cm³/mol. The largest absolute Gasteiger partial charge is 0.595 e. The molecule has 0 saturated carbocycles. The zero-order chi connectivity index (χ0) is 13.3. The van der Waals surface area contributed by atoms with Crippen molar-refractivity contribution in [1.29, 1.82) is 0 Å². The van der Waals surface area contributed by atoms with Gasteiger partial charge in [0.15, 0.2) is 5.69 Å². The molecule has 2 rings (SSSR count). The fourth-order valence-electron chi connectivity index (χ4n) is 1.78. The fourth-order valence-corrected chi connectivity index (χ4v) is 2.88. The van der Waals surface area contributed by atoms with Crippen LogP contribution >= 0.6 is 11.8 Å². The van der Waals surface area contributed by atoms with Gasteiger partial charge in [-0.25, -0.2) is 5.21 Å². The number of quaternary nitrogens is 1. The van der Waals surface area contributed by atoms with Gasteiger partial charge in [-0.2, -0.15) is 5.23 Å². The van der Waals surface area contributed by atoms with Crippen LogP contribution in [0.15, 0.2) is 17.0 Å². The van der Waals surface area contributed by atoms with Crippen LogP contribution in [0, 0.1) is 5.21 Å². The molecule has 3 N–H and O–H groups in total. The summed E-state index contributed by atoms with van der Waals surface area (Å²) in [4.78, 5) is 12.5. The van der Waals surface area contributed by atoms with E-state index in [0.29, 0.717) is 17.9 Å². The van der Waals surface area contributed by atoms with E-state index >= 15 is 0 Å². The first-order valence-corrected chi connectivity index (χ1v) is 6.37. The van der Waals surface area contributed by atoms with E-state index in [1.165, 1.54) is 24.9 Å². The third-order valence-corrected chi connectivity index (χ3v) is 4.13. The molecule has 1 heterocycles. The third-order valence-electron chi connectivity index (χ3n) is 2.72. The van der Waals surface area contributed by atoms with Gasteiger partial charge in [-0.3, -0.25) is 4.79 Å². The SMILES string of the molecule is CCC1Sc2cc(OC)cc([NH+]([O-])O)c2NC1=O. The maximum Gasteiger partial charge on any atom is 0.238 e. The molecule has 1 amide bonds. The van der Waals surface area contributed by atoms with Crippen LogP contribution in [0.5, 0.6) is 5.75 Å². The summed E-state index contributed by atoms with van der Waals surface area (Å²) in [5.74, 6) is 0.326. The quantitative estimate of drug-likeness (QED) is 0.711. The minimum absolute atomic E-state index is 0.0553. The second kappa shape index (κ2) is 5.15. The fraction of sp³-hybridized carbons (Fsp3) is 0.364. The molecule has 0 aromatic heterocycles. The number of rotatable bonds is 3. The van der Waals surface area contributed by atoms with E-state index in [1.54, 1.807) is 6.07 Å². The lowest BCUT2D eigenvalue weighted by Gasteiger charge is -2.26. The summed E-state index contributed by atoms with van der Waals surface area (Å²) in [7, 11) is 1.48. The number of carbonyl (C=O) groups is 1. The highest BCUT2D eigenvalue weighted by Crippen LogP contribution is 2.42. The third kappa shape index (κ3) is 2.30. The maximum absolute atomic E-state index is 11.8. The molecular weight excluding hydrogens is 256 g/mol. The van der Waals surface area contributed by atoms with Gasteiger partial charge in [0, 0.05) is 11.0 Å². The summed E-state index contributed by atoms with van der Waals surface area (Å²) >= 11 is 1.37. The average Bonchev–Trinajstić information content (AvgIpc) is 2.36. The van der Waals surface area contributed by atoms with Crippen LogP contribution in [0.1, 0.15) is 13.3 Å². The molecule has 0 fully saturated rings. The highest BCUT2D eigenvalue weighted by molar-refractivity contribution is 8.01. The van der Waals surface area contributed by atoms with Crippen LogP contribution in [-0.2, 0) is 4.79 Å². The van der Waals surface area contributed by atoms with E-state index in [1.807, 2.05) is 6.92 Å². The Morgan fingerprint density at radius 1 is 1.61 bits per heavy atom. The number of anilines is 1. The Bertz CT molecular complexity index is 478. The van der Waals surface area contributed by atoms with Crippen LogP contribution < -0.4 is 15.3 Å². The minimum atomic E-state index is -1.08. The number of amides is 1. The Morgan fingerprint density at radius 2 is 2.33 bits per heavy atom. The smallest absolute Gasteiger partial charge is 0.238 e. The van der Waals surface area contributed by atoms with E-state index in [2.05, 4.69) is 5.32 Å². The first-order valence-electron chi connectivity index (χ1n) is 5.49. The van der Waals surface area contributed by atoms with Crippen molar-refractivity contribution in [2.45, 2.75) is 23.5 Å². The highest BCUT2D eigenvalue weighted by Gasteiger charge is 2.30. The van der Waals surface area contributed by atoms with Gasteiger partial charge >= 0.3 is 0 Å². The maximum atomic E-state index is 11.8. The highest BCUT2D eigenvalue weighted by atomic mass is 32.2. The molecule has 1 aliphatic heterocycles. The number of methoxy groups -OCH3 is 1. The van der Waals surface area contributed by atoms with Crippen molar-refractivity contribution >= 4 is 29.0 Å². The average molecular weight is 270 g/mol. The van der Waals surface area contributed by atoms with E-state index in [-0.39, 0.29) is 16.8 Å². The van der Waals surface area contributed by atoms with Crippen molar-refractivity contribution in [2.24, 2.45) is 0 Å². The van der Waals surface area contributed by atoms with Crippen LogP contribution in [0.4, 0.5) is 11.4 Å². The Balaban J connectivity index is 2.50. The number of benzene rings is 1. The molecule has 98 valence electrons. The minimum Gasteiger partial charge on any atom is -0.595 e. The van der Waals surface area contributed by atoms with Gasteiger partial charge in [-0.15, -0.1) is 11.8 Å². The Kier molecular flexibility index (Phi) is 3.76. The molecule has 6 nitrogen and oxygen atoms in total. The van der Waals surface area contributed by atoms with E-state index in [9.17, 15) is 10.0 Å². The molecule has 7 heteroatoms. The zero-order valence-corrected chi connectivity index (χ0v) is 10.8. The lowest BCUT2D eigenvalue weighted by Crippen LogP contribution is -2.99. The lowest BCUT2D eigenvalue weighted by molar-refractivity contribution is -0.990. The number of nitrogens with one attached hydrogen (secondary N) is 2. The summed E-state index contributed by atoms with van der Waals surface area (Å²) in [5.41, 5.74) is 0.419. The number of carbonyl (C=O) groups excluding carboxylic acids is 1. The van der Waals surface area contributed by atoms with Gasteiger partial charge in [0.05, 0.1) is 12.4 Å². The molecular formula is C11H14N2O4S. The van der Waals surface area contributed by atoms with Crippen molar-refractivity contribution in [1.82, 2.24) is 0 Å².